The topological polar surface area (TPSA) is 58.7 Å². The Morgan fingerprint density at radius 1 is 1.38 bits per heavy atom. The first kappa shape index (κ1) is 10.7. The SMILES string of the molecule is CC(C)C1=NN(c2ccccc2N)C(=O)C1. The number of hydrogen-bond acceptors (Lipinski definition) is 3. The summed E-state index contributed by atoms with van der Waals surface area (Å²) in [6.07, 6.45) is 0.395. The molecule has 4 heteroatoms. The number of nitrogen functional groups attached to an aromatic ring is 1. The predicted molar refractivity (Wildman–Crippen MR) is 65.2 cm³/mol. The van der Waals surface area contributed by atoms with Crippen LogP contribution >= 0.6 is 0 Å². The van der Waals surface area contributed by atoms with E-state index in [9.17, 15) is 4.79 Å². The van der Waals surface area contributed by atoms with Crippen LogP contribution in [0.4, 0.5) is 11.4 Å². The van der Waals surface area contributed by atoms with Crippen LogP contribution in [-0.4, -0.2) is 11.6 Å². The summed E-state index contributed by atoms with van der Waals surface area (Å²) in [5.74, 6) is 0.278. The molecule has 0 bridgehead atoms. The highest BCUT2D eigenvalue weighted by atomic mass is 16.2. The molecule has 1 aromatic rings. The summed E-state index contributed by atoms with van der Waals surface area (Å²) in [6, 6.07) is 7.26. The van der Waals surface area contributed by atoms with Crippen LogP contribution in [0.5, 0.6) is 0 Å². The average Bonchev–Trinajstić information content (AvgIpc) is 2.61. The van der Waals surface area contributed by atoms with Crippen molar-refractivity contribution < 1.29 is 4.79 Å². The van der Waals surface area contributed by atoms with Gasteiger partial charge in [-0.3, -0.25) is 4.79 Å². The van der Waals surface area contributed by atoms with Gasteiger partial charge in [-0.25, -0.2) is 0 Å². The summed E-state index contributed by atoms with van der Waals surface area (Å²) >= 11 is 0. The maximum atomic E-state index is 11.8. The van der Waals surface area contributed by atoms with Crippen LogP contribution in [-0.2, 0) is 4.79 Å². The molecule has 0 atom stereocenters. The third kappa shape index (κ3) is 1.78. The summed E-state index contributed by atoms with van der Waals surface area (Å²) < 4.78 is 0. The van der Waals surface area contributed by atoms with Gasteiger partial charge in [-0.1, -0.05) is 26.0 Å². The van der Waals surface area contributed by atoms with E-state index in [-0.39, 0.29) is 5.91 Å². The van der Waals surface area contributed by atoms with E-state index in [1.165, 1.54) is 5.01 Å². The van der Waals surface area contributed by atoms with Crippen LogP contribution in [0.1, 0.15) is 20.3 Å². The third-order valence-electron chi connectivity index (χ3n) is 2.63. The quantitative estimate of drug-likeness (QED) is 0.770. The van der Waals surface area contributed by atoms with Crippen molar-refractivity contribution in [2.45, 2.75) is 20.3 Å². The van der Waals surface area contributed by atoms with E-state index >= 15 is 0 Å². The largest absolute Gasteiger partial charge is 0.397 e. The molecule has 0 saturated carbocycles. The van der Waals surface area contributed by atoms with Crippen molar-refractivity contribution in [3.05, 3.63) is 24.3 Å². The van der Waals surface area contributed by atoms with E-state index in [0.29, 0.717) is 23.7 Å². The summed E-state index contributed by atoms with van der Waals surface area (Å²) in [7, 11) is 0. The monoisotopic (exact) mass is 217 g/mol. The first-order chi connectivity index (χ1) is 7.59. The van der Waals surface area contributed by atoms with E-state index in [1.807, 2.05) is 26.0 Å². The number of nitrogens with two attached hydrogens (primary N) is 1. The van der Waals surface area contributed by atoms with Gasteiger partial charge in [0.25, 0.3) is 5.91 Å². The van der Waals surface area contributed by atoms with Crippen LogP contribution < -0.4 is 10.7 Å². The normalized spacial score (nSPS) is 15.8. The zero-order valence-corrected chi connectivity index (χ0v) is 9.47. The van der Waals surface area contributed by atoms with Crippen LogP contribution in [0.3, 0.4) is 0 Å². The van der Waals surface area contributed by atoms with Crippen molar-refractivity contribution in [1.29, 1.82) is 0 Å². The molecule has 0 aromatic heterocycles. The van der Waals surface area contributed by atoms with Crippen molar-refractivity contribution in [1.82, 2.24) is 0 Å². The second-order valence-electron chi connectivity index (χ2n) is 4.19. The lowest BCUT2D eigenvalue weighted by Gasteiger charge is -2.13. The van der Waals surface area contributed by atoms with Gasteiger partial charge in [-0.2, -0.15) is 10.1 Å². The van der Waals surface area contributed by atoms with Crippen LogP contribution in [0.2, 0.25) is 0 Å². The number of hydrogen-bond donors (Lipinski definition) is 1. The summed E-state index contributed by atoms with van der Waals surface area (Å²) in [5, 5.41) is 5.73. The Hall–Kier alpha value is -1.84. The van der Waals surface area contributed by atoms with Gasteiger partial charge in [0.1, 0.15) is 0 Å². The Labute approximate surface area is 94.7 Å². The van der Waals surface area contributed by atoms with Crippen molar-refractivity contribution >= 4 is 23.0 Å². The second kappa shape index (κ2) is 3.96. The number of nitrogens with zero attached hydrogens (tertiary/aromatic N) is 2. The smallest absolute Gasteiger partial charge is 0.253 e. The van der Waals surface area contributed by atoms with Crippen molar-refractivity contribution in [2.75, 3.05) is 10.7 Å². The number of hydrazone groups is 1. The number of benzene rings is 1. The highest BCUT2D eigenvalue weighted by Crippen LogP contribution is 2.27. The fraction of sp³-hybridized carbons (Fsp3) is 0.333. The molecule has 0 unspecified atom stereocenters. The van der Waals surface area contributed by atoms with Crippen LogP contribution in [0.15, 0.2) is 29.4 Å². The van der Waals surface area contributed by atoms with Gasteiger partial charge in [0.15, 0.2) is 0 Å². The molecule has 1 amide bonds. The molecule has 0 aliphatic carbocycles. The number of amides is 1. The minimum absolute atomic E-state index is 0.0124. The fourth-order valence-corrected chi connectivity index (χ4v) is 1.64. The first-order valence-electron chi connectivity index (χ1n) is 5.34. The Kier molecular flexibility index (Phi) is 2.64. The number of carbonyl (C=O) groups is 1. The molecule has 1 aromatic carbocycles. The summed E-state index contributed by atoms with van der Waals surface area (Å²) in [5.41, 5.74) is 7.97. The van der Waals surface area contributed by atoms with Gasteiger partial charge in [-0.15, -0.1) is 0 Å². The van der Waals surface area contributed by atoms with Gasteiger partial charge < -0.3 is 5.73 Å². The Bertz CT molecular complexity index is 451. The van der Waals surface area contributed by atoms with Crippen molar-refractivity contribution in [2.24, 2.45) is 11.0 Å². The third-order valence-corrected chi connectivity index (χ3v) is 2.63. The van der Waals surface area contributed by atoms with Crippen LogP contribution in [0, 0.1) is 5.92 Å². The van der Waals surface area contributed by atoms with E-state index in [4.69, 9.17) is 5.73 Å². The molecule has 16 heavy (non-hydrogen) atoms. The number of para-hydroxylation sites is 2. The number of anilines is 2. The molecule has 0 radical (unpaired) electrons. The first-order valence-corrected chi connectivity index (χ1v) is 5.34. The van der Waals surface area contributed by atoms with Gasteiger partial charge in [0, 0.05) is 0 Å². The molecule has 0 fully saturated rings. The highest BCUT2D eigenvalue weighted by Gasteiger charge is 2.27. The molecular weight excluding hydrogens is 202 g/mol. The molecule has 0 spiro atoms. The molecule has 2 rings (SSSR count). The standard InChI is InChI=1S/C12H15N3O/c1-8(2)10-7-12(16)15(14-10)11-6-4-3-5-9(11)13/h3-6,8H,7,13H2,1-2H3. The van der Waals surface area contributed by atoms with E-state index in [1.54, 1.807) is 12.1 Å². The van der Waals surface area contributed by atoms with Gasteiger partial charge in [-0.05, 0) is 18.1 Å². The molecule has 4 nitrogen and oxygen atoms in total. The van der Waals surface area contributed by atoms with Crippen LogP contribution in [0.25, 0.3) is 0 Å². The fourth-order valence-electron chi connectivity index (χ4n) is 1.64. The lowest BCUT2D eigenvalue weighted by atomic mass is 10.1. The van der Waals surface area contributed by atoms with Crippen molar-refractivity contribution in [3.8, 4) is 0 Å². The molecular formula is C12H15N3O. The van der Waals surface area contributed by atoms with E-state index < -0.39 is 0 Å². The average molecular weight is 217 g/mol. The molecule has 0 saturated heterocycles. The Balaban J connectivity index is 2.36. The highest BCUT2D eigenvalue weighted by molar-refractivity contribution is 6.14. The van der Waals surface area contributed by atoms with Crippen molar-refractivity contribution in [3.63, 3.8) is 0 Å². The minimum Gasteiger partial charge on any atom is -0.397 e. The lowest BCUT2D eigenvalue weighted by Crippen LogP contribution is -2.20. The molecule has 84 valence electrons. The second-order valence-corrected chi connectivity index (χ2v) is 4.19. The summed E-state index contributed by atoms with van der Waals surface area (Å²) in [4.78, 5) is 11.8. The molecule has 1 heterocycles. The maximum Gasteiger partial charge on any atom is 0.253 e. The zero-order chi connectivity index (χ0) is 11.7. The van der Waals surface area contributed by atoms with Gasteiger partial charge >= 0.3 is 0 Å². The zero-order valence-electron chi connectivity index (χ0n) is 9.47. The Morgan fingerprint density at radius 2 is 2.06 bits per heavy atom. The Morgan fingerprint density at radius 3 is 2.62 bits per heavy atom. The minimum atomic E-state index is -0.0124. The maximum absolute atomic E-state index is 11.8. The predicted octanol–water partition coefficient (Wildman–Crippen LogP) is 2.02. The lowest BCUT2D eigenvalue weighted by molar-refractivity contribution is -0.116. The summed E-state index contributed by atoms with van der Waals surface area (Å²) in [6.45, 7) is 4.06. The molecule has 1 aliphatic rings. The molecule has 1 aliphatic heterocycles. The van der Waals surface area contributed by atoms with Gasteiger partial charge in [0.2, 0.25) is 0 Å². The number of rotatable bonds is 2. The molecule has 2 N–H and O–H groups in total. The van der Waals surface area contributed by atoms with Gasteiger partial charge in [0.05, 0.1) is 23.5 Å². The van der Waals surface area contributed by atoms with E-state index in [0.717, 1.165) is 5.71 Å². The number of carbonyl (C=O) groups excluding carboxylic acids is 1. The van der Waals surface area contributed by atoms with E-state index in [2.05, 4.69) is 5.10 Å².